The monoisotopic (exact) mass is 251 g/mol. The van der Waals surface area contributed by atoms with E-state index >= 15 is 0 Å². The van der Waals surface area contributed by atoms with Crippen LogP contribution in [0.25, 0.3) is 0 Å². The van der Waals surface area contributed by atoms with E-state index in [2.05, 4.69) is 22.4 Å². The van der Waals surface area contributed by atoms with Crippen molar-refractivity contribution < 1.29 is 5.11 Å². The van der Waals surface area contributed by atoms with Gasteiger partial charge in [0.25, 0.3) is 0 Å². The van der Waals surface area contributed by atoms with E-state index in [1.165, 1.54) is 51.6 Å². The minimum Gasteiger partial charge on any atom is -0.386 e. The van der Waals surface area contributed by atoms with Crippen LogP contribution in [0.15, 0.2) is 17.5 Å². The van der Waals surface area contributed by atoms with Crippen molar-refractivity contribution >= 4 is 11.3 Å². The van der Waals surface area contributed by atoms with Crippen LogP contribution in [0.1, 0.15) is 49.5 Å². The van der Waals surface area contributed by atoms with Gasteiger partial charge >= 0.3 is 0 Å². The third-order valence-corrected chi connectivity index (χ3v) is 5.45. The first kappa shape index (κ1) is 11.7. The summed E-state index contributed by atoms with van der Waals surface area (Å²) in [6.07, 6.45) is 7.23. The number of aliphatic hydroxyl groups is 1. The molecular formula is C14H21NOS. The molecule has 1 aromatic heterocycles. The second-order valence-electron chi connectivity index (χ2n) is 5.42. The van der Waals surface area contributed by atoms with Gasteiger partial charge in [-0.15, -0.1) is 11.3 Å². The summed E-state index contributed by atoms with van der Waals surface area (Å²) in [6, 6.07) is 4.14. The molecule has 1 aliphatic heterocycles. The Bertz CT molecular complexity index is 350. The van der Waals surface area contributed by atoms with E-state index in [9.17, 15) is 5.11 Å². The van der Waals surface area contributed by atoms with Gasteiger partial charge in [-0.3, -0.25) is 4.90 Å². The number of hydrogen-bond acceptors (Lipinski definition) is 3. The molecule has 1 unspecified atom stereocenters. The van der Waals surface area contributed by atoms with Crippen LogP contribution in [0.2, 0.25) is 0 Å². The fourth-order valence-corrected chi connectivity index (χ4v) is 4.44. The maximum atomic E-state index is 10.8. The van der Waals surface area contributed by atoms with Gasteiger partial charge in [-0.2, -0.15) is 0 Å². The third-order valence-electron chi connectivity index (χ3n) is 4.53. The lowest BCUT2D eigenvalue weighted by Crippen LogP contribution is -2.49. The van der Waals surface area contributed by atoms with Crippen molar-refractivity contribution in [3.8, 4) is 0 Å². The van der Waals surface area contributed by atoms with Crippen LogP contribution in [0.3, 0.4) is 0 Å². The van der Waals surface area contributed by atoms with Crippen LogP contribution in [0.5, 0.6) is 0 Å². The first-order valence-electron chi connectivity index (χ1n) is 6.79. The number of rotatable bonds is 3. The molecule has 3 rings (SSSR count). The molecule has 0 spiro atoms. The highest BCUT2D eigenvalue weighted by atomic mass is 32.1. The molecule has 1 N–H and O–H groups in total. The topological polar surface area (TPSA) is 23.5 Å². The van der Waals surface area contributed by atoms with Crippen LogP contribution < -0.4 is 0 Å². The van der Waals surface area contributed by atoms with Gasteiger partial charge in [-0.1, -0.05) is 18.9 Å². The lowest BCUT2D eigenvalue weighted by molar-refractivity contribution is -0.0175. The van der Waals surface area contributed by atoms with E-state index in [1.54, 1.807) is 11.3 Å². The molecule has 2 nitrogen and oxygen atoms in total. The van der Waals surface area contributed by atoms with Gasteiger partial charge in [0.2, 0.25) is 0 Å². The van der Waals surface area contributed by atoms with Crippen LogP contribution in [-0.4, -0.2) is 28.6 Å². The summed E-state index contributed by atoms with van der Waals surface area (Å²) in [4.78, 5) is 3.73. The molecule has 2 fully saturated rings. The van der Waals surface area contributed by atoms with Crippen molar-refractivity contribution in [1.29, 1.82) is 0 Å². The molecule has 0 bridgehead atoms. The van der Waals surface area contributed by atoms with Crippen molar-refractivity contribution in [2.24, 2.45) is 0 Å². The van der Waals surface area contributed by atoms with Crippen molar-refractivity contribution in [2.75, 3.05) is 13.1 Å². The highest BCUT2D eigenvalue weighted by molar-refractivity contribution is 7.10. The summed E-state index contributed by atoms with van der Waals surface area (Å²) < 4.78 is 0. The summed E-state index contributed by atoms with van der Waals surface area (Å²) in [5.74, 6) is 0. The average molecular weight is 251 g/mol. The molecule has 1 saturated carbocycles. The largest absolute Gasteiger partial charge is 0.386 e. The van der Waals surface area contributed by atoms with E-state index in [4.69, 9.17) is 0 Å². The van der Waals surface area contributed by atoms with Gasteiger partial charge in [0.15, 0.2) is 0 Å². The smallest absolute Gasteiger partial charge is 0.106 e. The normalized spacial score (nSPS) is 26.4. The SMILES string of the molecule is OC(c1cccs1)C1(N2CCCC2)CCCC1. The Hall–Kier alpha value is -0.380. The molecule has 94 valence electrons. The van der Waals surface area contributed by atoms with Crippen LogP contribution in [0.4, 0.5) is 0 Å². The van der Waals surface area contributed by atoms with Gasteiger partial charge in [0.1, 0.15) is 6.10 Å². The standard InChI is InChI=1S/C14H21NOS/c16-13(12-6-5-11-17-12)14(7-1-2-8-14)15-9-3-4-10-15/h5-6,11,13,16H,1-4,7-10H2. The number of hydrogen-bond donors (Lipinski definition) is 1. The minimum atomic E-state index is -0.275. The van der Waals surface area contributed by atoms with Gasteiger partial charge in [-0.25, -0.2) is 0 Å². The molecule has 0 radical (unpaired) electrons. The number of aliphatic hydroxyl groups excluding tert-OH is 1. The molecule has 1 atom stereocenters. The first-order chi connectivity index (χ1) is 8.33. The van der Waals surface area contributed by atoms with E-state index in [-0.39, 0.29) is 11.6 Å². The second-order valence-corrected chi connectivity index (χ2v) is 6.40. The maximum Gasteiger partial charge on any atom is 0.106 e. The van der Waals surface area contributed by atoms with Crippen molar-refractivity contribution in [3.05, 3.63) is 22.4 Å². The summed E-state index contributed by atoms with van der Waals surface area (Å²) in [7, 11) is 0. The molecule has 0 amide bonds. The predicted molar refractivity (Wildman–Crippen MR) is 71.3 cm³/mol. The summed E-state index contributed by atoms with van der Waals surface area (Å²) in [6.45, 7) is 2.37. The molecule has 1 aromatic rings. The Balaban J connectivity index is 1.88. The zero-order chi connectivity index (χ0) is 11.7. The van der Waals surface area contributed by atoms with Crippen LogP contribution in [0, 0.1) is 0 Å². The summed E-state index contributed by atoms with van der Waals surface area (Å²) in [5.41, 5.74) is 0.0569. The third kappa shape index (κ3) is 1.94. The van der Waals surface area contributed by atoms with Gasteiger partial charge in [0.05, 0.1) is 5.54 Å². The number of nitrogens with zero attached hydrogens (tertiary/aromatic N) is 1. The minimum absolute atomic E-state index is 0.0569. The Kier molecular flexibility index (Phi) is 3.24. The van der Waals surface area contributed by atoms with Gasteiger partial charge < -0.3 is 5.11 Å². The highest BCUT2D eigenvalue weighted by Crippen LogP contribution is 2.46. The number of thiophene rings is 1. The Morgan fingerprint density at radius 3 is 2.47 bits per heavy atom. The van der Waals surface area contributed by atoms with Crippen LogP contribution in [-0.2, 0) is 0 Å². The predicted octanol–water partition coefficient (Wildman–Crippen LogP) is 3.19. The maximum absolute atomic E-state index is 10.8. The van der Waals surface area contributed by atoms with E-state index < -0.39 is 0 Å². The van der Waals surface area contributed by atoms with Gasteiger partial charge in [-0.05, 0) is 50.2 Å². The van der Waals surface area contributed by atoms with Crippen molar-refractivity contribution in [3.63, 3.8) is 0 Å². The fraction of sp³-hybridized carbons (Fsp3) is 0.714. The van der Waals surface area contributed by atoms with Crippen LogP contribution >= 0.6 is 11.3 Å². The lowest BCUT2D eigenvalue weighted by atomic mass is 9.87. The van der Waals surface area contributed by atoms with E-state index in [0.717, 1.165) is 4.88 Å². The zero-order valence-electron chi connectivity index (χ0n) is 10.3. The fourth-order valence-electron chi connectivity index (χ4n) is 3.62. The van der Waals surface area contributed by atoms with E-state index in [1.807, 2.05) is 0 Å². The highest BCUT2D eigenvalue weighted by Gasteiger charge is 2.46. The van der Waals surface area contributed by atoms with Gasteiger partial charge in [0, 0.05) is 4.88 Å². The molecule has 2 heterocycles. The Morgan fingerprint density at radius 1 is 1.18 bits per heavy atom. The summed E-state index contributed by atoms with van der Waals surface area (Å²) in [5, 5.41) is 12.9. The molecule has 3 heteroatoms. The first-order valence-corrected chi connectivity index (χ1v) is 7.67. The van der Waals surface area contributed by atoms with E-state index in [0.29, 0.717) is 0 Å². The lowest BCUT2D eigenvalue weighted by Gasteiger charge is -2.42. The molecule has 17 heavy (non-hydrogen) atoms. The Morgan fingerprint density at radius 2 is 1.88 bits per heavy atom. The quantitative estimate of drug-likeness (QED) is 0.892. The molecule has 1 saturated heterocycles. The Labute approximate surface area is 107 Å². The molecule has 2 aliphatic rings. The van der Waals surface area contributed by atoms with Crippen molar-refractivity contribution in [2.45, 2.75) is 50.2 Å². The second kappa shape index (κ2) is 4.71. The molecular weight excluding hydrogens is 230 g/mol. The molecule has 1 aliphatic carbocycles. The molecule has 0 aromatic carbocycles. The summed E-state index contributed by atoms with van der Waals surface area (Å²) >= 11 is 1.70. The van der Waals surface area contributed by atoms with Crippen molar-refractivity contribution in [1.82, 2.24) is 4.90 Å². The average Bonchev–Trinajstić information content (AvgIpc) is 3.10. The number of likely N-dealkylation sites (tertiary alicyclic amines) is 1. The zero-order valence-corrected chi connectivity index (χ0v) is 11.1.